The third-order valence-corrected chi connectivity index (χ3v) is 8.16. The molecule has 3 fully saturated rings. The van der Waals surface area contributed by atoms with E-state index in [0.717, 1.165) is 30.6 Å². The van der Waals surface area contributed by atoms with Gasteiger partial charge in [-0.2, -0.15) is 0 Å². The average Bonchev–Trinajstić information content (AvgIpc) is 2.81. The molecule has 0 heterocycles. The zero-order valence-electron chi connectivity index (χ0n) is 14.1. The molecule has 0 aliphatic heterocycles. The predicted molar refractivity (Wildman–Crippen MR) is 86.9 cm³/mol. The first kappa shape index (κ1) is 14.3. The lowest BCUT2D eigenvalue weighted by Crippen LogP contribution is -2.50. The van der Waals surface area contributed by atoms with Crippen LogP contribution in [0.15, 0.2) is 11.6 Å². The normalized spacial score (nSPS) is 56.2. The Morgan fingerprint density at radius 1 is 1.00 bits per heavy atom. The minimum atomic E-state index is -0.450. The lowest BCUT2D eigenvalue weighted by Gasteiger charge is -2.58. The van der Waals surface area contributed by atoms with Gasteiger partial charge in [-0.25, -0.2) is 0 Å². The van der Waals surface area contributed by atoms with Gasteiger partial charge >= 0.3 is 0 Å². The molecule has 0 aromatic rings. The second-order valence-electron chi connectivity index (χ2n) is 9.52. The van der Waals surface area contributed by atoms with Gasteiger partial charge in [0.15, 0.2) is 0 Å². The highest BCUT2D eigenvalue weighted by Crippen LogP contribution is 2.65. The monoisotopic (exact) mass is 288 g/mol. The van der Waals surface area contributed by atoms with Crippen molar-refractivity contribution in [1.29, 1.82) is 0 Å². The number of allylic oxidation sites excluding steroid dienone is 1. The molecule has 1 N–H and O–H groups in total. The largest absolute Gasteiger partial charge is 0.390 e. The maximum atomic E-state index is 10.5. The standard InChI is InChI=1S/C20H32O/c1-18-9-4-5-16(18)15-7-6-14-13-19(2,21)11-12-20(14,3)17(15)8-10-18/h6,15-17,21H,4-5,7-13H2,1-3H3/t15-,16-,17-,18-,19-,20-/m0/s1. The van der Waals surface area contributed by atoms with Crippen LogP contribution >= 0.6 is 0 Å². The van der Waals surface area contributed by atoms with Crippen LogP contribution in [0.5, 0.6) is 0 Å². The summed E-state index contributed by atoms with van der Waals surface area (Å²) >= 11 is 0. The highest BCUT2D eigenvalue weighted by atomic mass is 16.3. The van der Waals surface area contributed by atoms with E-state index in [-0.39, 0.29) is 0 Å². The zero-order chi connectivity index (χ0) is 14.9. The van der Waals surface area contributed by atoms with E-state index in [1.54, 1.807) is 5.57 Å². The molecule has 6 atom stereocenters. The Kier molecular flexibility index (Phi) is 2.98. The van der Waals surface area contributed by atoms with Crippen molar-refractivity contribution >= 4 is 0 Å². The molecule has 1 heteroatoms. The van der Waals surface area contributed by atoms with Crippen LogP contribution in [0.4, 0.5) is 0 Å². The van der Waals surface area contributed by atoms with Gasteiger partial charge in [0.05, 0.1) is 5.60 Å². The molecule has 0 spiro atoms. The first-order chi connectivity index (χ1) is 9.84. The van der Waals surface area contributed by atoms with E-state index in [0.29, 0.717) is 10.8 Å². The molecule has 118 valence electrons. The Balaban J connectivity index is 1.68. The highest BCUT2D eigenvalue weighted by molar-refractivity contribution is 5.26. The van der Waals surface area contributed by atoms with Crippen molar-refractivity contribution in [3.8, 4) is 0 Å². The predicted octanol–water partition coefficient (Wildman–Crippen LogP) is 5.09. The molecule has 0 bridgehead atoms. The summed E-state index contributed by atoms with van der Waals surface area (Å²) in [5, 5.41) is 10.5. The van der Waals surface area contributed by atoms with Crippen molar-refractivity contribution in [1.82, 2.24) is 0 Å². The zero-order valence-corrected chi connectivity index (χ0v) is 14.1. The number of rotatable bonds is 0. The van der Waals surface area contributed by atoms with Crippen LogP contribution in [-0.4, -0.2) is 10.7 Å². The molecule has 3 saturated carbocycles. The summed E-state index contributed by atoms with van der Waals surface area (Å²) in [5.74, 6) is 2.81. The number of hydrogen-bond acceptors (Lipinski definition) is 1. The van der Waals surface area contributed by atoms with E-state index in [4.69, 9.17) is 0 Å². The van der Waals surface area contributed by atoms with Gasteiger partial charge < -0.3 is 5.11 Å². The fraction of sp³-hybridized carbons (Fsp3) is 0.900. The van der Waals surface area contributed by atoms with Crippen LogP contribution in [0, 0.1) is 28.6 Å². The Labute approximate surface area is 130 Å². The van der Waals surface area contributed by atoms with Crippen molar-refractivity contribution in [2.45, 2.75) is 84.2 Å². The van der Waals surface area contributed by atoms with Gasteiger partial charge in [0.1, 0.15) is 0 Å². The minimum absolute atomic E-state index is 0.398. The smallest absolute Gasteiger partial charge is 0.0657 e. The lowest BCUT2D eigenvalue weighted by molar-refractivity contribution is -0.0562. The Bertz CT molecular complexity index is 476. The van der Waals surface area contributed by atoms with Crippen LogP contribution in [0.1, 0.15) is 78.6 Å². The van der Waals surface area contributed by atoms with Gasteiger partial charge in [0, 0.05) is 0 Å². The molecule has 4 aliphatic rings. The molecule has 1 nitrogen and oxygen atoms in total. The Hall–Kier alpha value is -0.300. The lowest BCUT2D eigenvalue weighted by atomic mass is 9.47. The van der Waals surface area contributed by atoms with E-state index >= 15 is 0 Å². The van der Waals surface area contributed by atoms with Crippen molar-refractivity contribution in [3.63, 3.8) is 0 Å². The second-order valence-corrected chi connectivity index (χ2v) is 9.52. The first-order valence-corrected chi connectivity index (χ1v) is 9.26. The van der Waals surface area contributed by atoms with Gasteiger partial charge in [-0.05, 0) is 86.9 Å². The van der Waals surface area contributed by atoms with E-state index in [1.165, 1.54) is 44.9 Å². The summed E-state index contributed by atoms with van der Waals surface area (Å²) < 4.78 is 0. The maximum Gasteiger partial charge on any atom is 0.0657 e. The van der Waals surface area contributed by atoms with E-state index < -0.39 is 5.60 Å². The van der Waals surface area contributed by atoms with Gasteiger partial charge in [-0.3, -0.25) is 0 Å². The maximum absolute atomic E-state index is 10.5. The number of fused-ring (bicyclic) bond motifs is 5. The third kappa shape index (κ3) is 1.99. The summed E-state index contributed by atoms with van der Waals surface area (Å²) in [6.07, 6.45) is 14.3. The minimum Gasteiger partial charge on any atom is -0.390 e. The summed E-state index contributed by atoms with van der Waals surface area (Å²) in [5.41, 5.74) is 2.20. The fourth-order valence-electron chi connectivity index (χ4n) is 6.80. The molecule has 0 amide bonds. The van der Waals surface area contributed by atoms with Crippen molar-refractivity contribution < 1.29 is 5.11 Å². The van der Waals surface area contributed by atoms with Gasteiger partial charge in [0.2, 0.25) is 0 Å². The second kappa shape index (κ2) is 4.37. The van der Waals surface area contributed by atoms with Crippen molar-refractivity contribution in [2.75, 3.05) is 0 Å². The molecule has 0 radical (unpaired) electrons. The molecule has 4 aliphatic carbocycles. The molecule has 4 rings (SSSR count). The summed E-state index contributed by atoms with van der Waals surface area (Å²) in [6, 6.07) is 0. The summed E-state index contributed by atoms with van der Waals surface area (Å²) in [4.78, 5) is 0. The van der Waals surface area contributed by atoms with Crippen LogP contribution in [0.25, 0.3) is 0 Å². The Morgan fingerprint density at radius 3 is 2.62 bits per heavy atom. The average molecular weight is 288 g/mol. The van der Waals surface area contributed by atoms with Crippen LogP contribution in [0.3, 0.4) is 0 Å². The molecular weight excluding hydrogens is 256 g/mol. The Morgan fingerprint density at radius 2 is 1.81 bits per heavy atom. The SMILES string of the molecule is C[C@]1(O)CC[C@@]2(C)C(=CC[C@H]3[C@@H]4CCC[C@@]4(C)CC[C@@H]32)C1. The van der Waals surface area contributed by atoms with Gasteiger partial charge in [0.25, 0.3) is 0 Å². The molecule has 0 saturated heterocycles. The molecular formula is C20H32O. The van der Waals surface area contributed by atoms with Gasteiger partial charge in [-0.15, -0.1) is 0 Å². The quantitative estimate of drug-likeness (QED) is 0.616. The molecule has 0 unspecified atom stereocenters. The highest BCUT2D eigenvalue weighted by Gasteiger charge is 2.56. The van der Waals surface area contributed by atoms with Crippen molar-refractivity contribution in [2.24, 2.45) is 28.6 Å². The van der Waals surface area contributed by atoms with Crippen LogP contribution in [-0.2, 0) is 0 Å². The number of hydrogen-bond donors (Lipinski definition) is 1. The van der Waals surface area contributed by atoms with E-state index in [1.807, 2.05) is 6.92 Å². The molecule has 0 aromatic carbocycles. The van der Waals surface area contributed by atoms with Crippen molar-refractivity contribution in [3.05, 3.63) is 11.6 Å². The topological polar surface area (TPSA) is 20.2 Å². The number of aliphatic hydroxyl groups is 1. The van der Waals surface area contributed by atoms with Crippen LogP contribution < -0.4 is 0 Å². The van der Waals surface area contributed by atoms with Crippen LogP contribution in [0.2, 0.25) is 0 Å². The molecule has 0 aromatic heterocycles. The van der Waals surface area contributed by atoms with E-state index in [9.17, 15) is 5.11 Å². The summed E-state index contributed by atoms with van der Waals surface area (Å²) in [6.45, 7) is 7.14. The summed E-state index contributed by atoms with van der Waals surface area (Å²) in [7, 11) is 0. The third-order valence-electron chi connectivity index (χ3n) is 8.16. The van der Waals surface area contributed by atoms with Gasteiger partial charge in [-0.1, -0.05) is 31.9 Å². The molecule has 21 heavy (non-hydrogen) atoms. The fourth-order valence-corrected chi connectivity index (χ4v) is 6.80. The van der Waals surface area contributed by atoms with E-state index in [2.05, 4.69) is 19.9 Å². The first-order valence-electron chi connectivity index (χ1n) is 9.26.